The Morgan fingerprint density at radius 3 is 2.52 bits per heavy atom. The van der Waals surface area contributed by atoms with Gasteiger partial charge < -0.3 is 15.0 Å². The van der Waals surface area contributed by atoms with Gasteiger partial charge in [-0.2, -0.15) is 0 Å². The number of aromatic amines is 1. The largest absolute Gasteiger partial charge is 0.480 e. The molecule has 0 saturated carbocycles. The van der Waals surface area contributed by atoms with Crippen molar-refractivity contribution < 1.29 is 14.7 Å². The van der Waals surface area contributed by atoms with E-state index in [1.165, 1.54) is 4.90 Å². The standard InChI is InChI=1S/C16H20N2O3/c1-9(2)18(8-15(19)20)16(21)14-7-12-11(4)10(3)5-6-13(12)17-14/h5-7,9,17H,8H2,1-4H3,(H,19,20). The molecule has 112 valence electrons. The Morgan fingerprint density at radius 2 is 1.95 bits per heavy atom. The van der Waals surface area contributed by atoms with Gasteiger partial charge in [-0.1, -0.05) is 6.07 Å². The van der Waals surface area contributed by atoms with E-state index in [-0.39, 0.29) is 18.5 Å². The highest BCUT2D eigenvalue weighted by Gasteiger charge is 2.23. The first-order valence-corrected chi connectivity index (χ1v) is 6.93. The fourth-order valence-corrected chi connectivity index (χ4v) is 2.36. The molecule has 5 nitrogen and oxygen atoms in total. The summed E-state index contributed by atoms with van der Waals surface area (Å²) in [5, 5.41) is 9.94. The number of aryl methyl sites for hydroxylation is 2. The Labute approximate surface area is 123 Å². The van der Waals surface area contributed by atoms with E-state index in [0.717, 1.165) is 22.0 Å². The summed E-state index contributed by atoms with van der Waals surface area (Å²) >= 11 is 0. The van der Waals surface area contributed by atoms with Crippen LogP contribution in [0.2, 0.25) is 0 Å². The molecule has 0 bridgehead atoms. The van der Waals surface area contributed by atoms with Crippen LogP contribution >= 0.6 is 0 Å². The number of carboxylic acids is 1. The lowest BCUT2D eigenvalue weighted by atomic mass is 10.1. The predicted octanol–water partition coefficient (Wildman–Crippen LogP) is 2.72. The van der Waals surface area contributed by atoms with Crippen molar-refractivity contribution in [3.8, 4) is 0 Å². The second-order valence-corrected chi connectivity index (χ2v) is 5.57. The van der Waals surface area contributed by atoms with Crippen LogP contribution in [0, 0.1) is 13.8 Å². The highest BCUT2D eigenvalue weighted by molar-refractivity contribution is 6.00. The lowest BCUT2D eigenvalue weighted by Gasteiger charge is -2.24. The zero-order valence-corrected chi connectivity index (χ0v) is 12.7. The molecule has 0 spiro atoms. The maximum Gasteiger partial charge on any atom is 0.323 e. The molecule has 0 atom stereocenters. The van der Waals surface area contributed by atoms with Gasteiger partial charge in [0.2, 0.25) is 0 Å². The molecule has 1 aromatic carbocycles. The first-order chi connectivity index (χ1) is 9.81. The number of fused-ring (bicyclic) bond motifs is 1. The number of aliphatic carboxylic acids is 1. The van der Waals surface area contributed by atoms with Crippen LogP contribution in [0.25, 0.3) is 10.9 Å². The molecule has 0 unspecified atom stereocenters. The number of nitrogens with zero attached hydrogens (tertiary/aromatic N) is 1. The summed E-state index contributed by atoms with van der Waals surface area (Å²) in [5.41, 5.74) is 3.60. The molecule has 2 rings (SSSR count). The van der Waals surface area contributed by atoms with Gasteiger partial charge in [-0.05, 0) is 51.0 Å². The Bertz CT molecular complexity index is 701. The van der Waals surface area contributed by atoms with E-state index in [4.69, 9.17) is 5.11 Å². The minimum absolute atomic E-state index is 0.178. The molecule has 0 aliphatic heterocycles. The SMILES string of the molecule is Cc1ccc2[nH]c(C(=O)N(CC(=O)O)C(C)C)cc2c1C. The molecule has 5 heteroatoms. The fraction of sp³-hybridized carbons (Fsp3) is 0.375. The lowest BCUT2D eigenvalue weighted by molar-refractivity contribution is -0.138. The smallest absolute Gasteiger partial charge is 0.323 e. The highest BCUT2D eigenvalue weighted by Crippen LogP contribution is 2.23. The second kappa shape index (κ2) is 5.60. The number of amides is 1. The van der Waals surface area contributed by atoms with Crippen molar-refractivity contribution in [2.24, 2.45) is 0 Å². The van der Waals surface area contributed by atoms with Crippen LogP contribution in [0.3, 0.4) is 0 Å². The molecule has 0 fully saturated rings. The minimum atomic E-state index is -1.01. The first-order valence-electron chi connectivity index (χ1n) is 6.93. The van der Waals surface area contributed by atoms with E-state index in [0.29, 0.717) is 5.69 Å². The Hall–Kier alpha value is -2.30. The number of carbonyl (C=O) groups excluding carboxylic acids is 1. The minimum Gasteiger partial charge on any atom is -0.480 e. The lowest BCUT2D eigenvalue weighted by Crippen LogP contribution is -2.40. The molecule has 0 saturated heterocycles. The first kappa shape index (κ1) is 15.1. The van der Waals surface area contributed by atoms with Gasteiger partial charge in [-0.25, -0.2) is 0 Å². The monoisotopic (exact) mass is 288 g/mol. The molecule has 1 heterocycles. The molecule has 0 aliphatic carbocycles. The van der Waals surface area contributed by atoms with E-state index in [1.807, 2.05) is 26.0 Å². The third-order valence-corrected chi connectivity index (χ3v) is 3.76. The molecule has 1 amide bonds. The molecule has 2 N–H and O–H groups in total. The van der Waals surface area contributed by atoms with E-state index in [9.17, 15) is 9.59 Å². The van der Waals surface area contributed by atoms with Crippen molar-refractivity contribution in [2.75, 3.05) is 6.54 Å². The van der Waals surface area contributed by atoms with Crippen LogP contribution in [0.1, 0.15) is 35.5 Å². The van der Waals surface area contributed by atoms with Crippen LogP contribution in [-0.4, -0.2) is 39.5 Å². The van der Waals surface area contributed by atoms with Gasteiger partial charge >= 0.3 is 5.97 Å². The zero-order valence-electron chi connectivity index (χ0n) is 12.7. The Balaban J connectivity index is 2.43. The van der Waals surface area contributed by atoms with Crippen LogP contribution in [0.4, 0.5) is 0 Å². The number of benzene rings is 1. The van der Waals surface area contributed by atoms with Crippen molar-refractivity contribution in [2.45, 2.75) is 33.7 Å². The molecule has 0 radical (unpaired) electrons. The van der Waals surface area contributed by atoms with Gasteiger partial charge in [0, 0.05) is 16.9 Å². The van der Waals surface area contributed by atoms with Gasteiger partial charge in [0.1, 0.15) is 12.2 Å². The number of carbonyl (C=O) groups is 2. The molecule has 1 aromatic heterocycles. The average Bonchev–Trinajstić information content (AvgIpc) is 2.84. The number of hydrogen-bond donors (Lipinski definition) is 2. The normalized spacial score (nSPS) is 11.1. The molecule has 2 aromatic rings. The van der Waals surface area contributed by atoms with Gasteiger partial charge in [0.05, 0.1) is 0 Å². The number of nitrogens with one attached hydrogen (secondary N) is 1. The van der Waals surface area contributed by atoms with E-state index >= 15 is 0 Å². The number of hydrogen-bond acceptors (Lipinski definition) is 2. The topological polar surface area (TPSA) is 73.4 Å². The number of H-pyrrole nitrogens is 1. The summed E-state index contributed by atoms with van der Waals surface area (Å²) in [6.07, 6.45) is 0. The number of aromatic nitrogens is 1. The van der Waals surface area contributed by atoms with Gasteiger partial charge in [-0.15, -0.1) is 0 Å². The maximum absolute atomic E-state index is 12.5. The fourth-order valence-electron chi connectivity index (χ4n) is 2.36. The second-order valence-electron chi connectivity index (χ2n) is 5.57. The molecule has 0 aliphatic rings. The van der Waals surface area contributed by atoms with Crippen molar-refractivity contribution >= 4 is 22.8 Å². The van der Waals surface area contributed by atoms with Crippen molar-refractivity contribution in [3.63, 3.8) is 0 Å². The van der Waals surface area contributed by atoms with Crippen LogP contribution < -0.4 is 0 Å². The number of carboxylic acid groups (broad SMARTS) is 1. The number of rotatable bonds is 4. The predicted molar refractivity (Wildman–Crippen MR) is 81.6 cm³/mol. The van der Waals surface area contributed by atoms with Crippen molar-refractivity contribution in [1.82, 2.24) is 9.88 Å². The third-order valence-electron chi connectivity index (χ3n) is 3.76. The average molecular weight is 288 g/mol. The summed E-state index contributed by atoms with van der Waals surface area (Å²) in [5.74, 6) is -1.30. The Kier molecular flexibility index (Phi) is 4.02. The van der Waals surface area contributed by atoms with E-state index in [1.54, 1.807) is 19.9 Å². The van der Waals surface area contributed by atoms with Crippen molar-refractivity contribution in [1.29, 1.82) is 0 Å². The van der Waals surface area contributed by atoms with Crippen LogP contribution in [0.15, 0.2) is 18.2 Å². The summed E-state index contributed by atoms with van der Waals surface area (Å²) in [6, 6.07) is 5.56. The molecular formula is C16H20N2O3. The Morgan fingerprint density at radius 1 is 1.29 bits per heavy atom. The zero-order chi connectivity index (χ0) is 15.7. The summed E-state index contributed by atoms with van der Waals surface area (Å²) in [7, 11) is 0. The quantitative estimate of drug-likeness (QED) is 0.908. The molecular weight excluding hydrogens is 268 g/mol. The van der Waals surface area contributed by atoms with Crippen LogP contribution in [0.5, 0.6) is 0 Å². The van der Waals surface area contributed by atoms with Crippen molar-refractivity contribution in [3.05, 3.63) is 35.0 Å². The van der Waals surface area contributed by atoms with E-state index < -0.39 is 5.97 Å². The third kappa shape index (κ3) is 2.91. The molecule has 21 heavy (non-hydrogen) atoms. The summed E-state index contributed by atoms with van der Waals surface area (Å²) in [6.45, 7) is 7.34. The van der Waals surface area contributed by atoms with Crippen LogP contribution in [-0.2, 0) is 4.79 Å². The van der Waals surface area contributed by atoms with Gasteiger partial charge in [-0.3, -0.25) is 9.59 Å². The maximum atomic E-state index is 12.5. The summed E-state index contributed by atoms with van der Waals surface area (Å²) < 4.78 is 0. The van der Waals surface area contributed by atoms with Gasteiger partial charge in [0.25, 0.3) is 5.91 Å². The highest BCUT2D eigenvalue weighted by atomic mass is 16.4. The summed E-state index contributed by atoms with van der Waals surface area (Å²) in [4.78, 5) is 27.9. The van der Waals surface area contributed by atoms with Gasteiger partial charge in [0.15, 0.2) is 0 Å². The van der Waals surface area contributed by atoms with E-state index in [2.05, 4.69) is 4.98 Å².